The lowest BCUT2D eigenvalue weighted by atomic mass is 10.2. The molecule has 0 heterocycles. The van der Waals surface area contributed by atoms with Crippen LogP contribution in [0.15, 0.2) is 29.3 Å². The second-order valence-corrected chi connectivity index (χ2v) is 6.52. The van der Waals surface area contributed by atoms with Crippen molar-refractivity contribution < 1.29 is 9.53 Å². The SMILES string of the molecule is CN=C(NCCCC(=O)NC1CC1)NCC(C)Oc1ccccc1C. The molecule has 1 amide bonds. The molecule has 1 aromatic rings. The van der Waals surface area contributed by atoms with Crippen molar-refractivity contribution in [2.45, 2.75) is 51.7 Å². The number of nitrogens with one attached hydrogen (secondary N) is 3. The number of ether oxygens (including phenoxy) is 1. The molecular formula is C19H30N4O2. The first-order chi connectivity index (χ1) is 12.1. The Balaban J connectivity index is 1.60. The lowest BCUT2D eigenvalue weighted by molar-refractivity contribution is -0.121. The fourth-order valence-corrected chi connectivity index (χ4v) is 2.39. The van der Waals surface area contributed by atoms with Gasteiger partial charge in [-0.2, -0.15) is 0 Å². The molecule has 1 atom stereocenters. The van der Waals surface area contributed by atoms with Crippen LogP contribution in [0.2, 0.25) is 0 Å². The lowest BCUT2D eigenvalue weighted by Crippen LogP contribution is -2.42. The minimum absolute atomic E-state index is 0.0176. The number of para-hydroxylation sites is 1. The van der Waals surface area contributed by atoms with Crippen LogP contribution in [-0.2, 0) is 4.79 Å². The molecule has 1 fully saturated rings. The molecule has 1 aromatic carbocycles. The van der Waals surface area contributed by atoms with Gasteiger partial charge in [0.2, 0.25) is 5.91 Å². The van der Waals surface area contributed by atoms with E-state index < -0.39 is 0 Å². The monoisotopic (exact) mass is 346 g/mol. The Labute approximate surface area is 150 Å². The third kappa shape index (κ3) is 7.45. The summed E-state index contributed by atoms with van der Waals surface area (Å²) in [5.74, 6) is 1.77. The number of benzene rings is 1. The fraction of sp³-hybridized carbons (Fsp3) is 0.579. The topological polar surface area (TPSA) is 74.8 Å². The van der Waals surface area contributed by atoms with E-state index in [0.717, 1.165) is 36.5 Å². The van der Waals surface area contributed by atoms with Gasteiger partial charge in [-0.05, 0) is 44.7 Å². The zero-order valence-electron chi connectivity index (χ0n) is 15.5. The zero-order valence-corrected chi connectivity index (χ0v) is 15.5. The Morgan fingerprint density at radius 2 is 2.08 bits per heavy atom. The molecule has 6 heteroatoms. The second-order valence-electron chi connectivity index (χ2n) is 6.52. The molecule has 0 aromatic heterocycles. The van der Waals surface area contributed by atoms with Crippen molar-refractivity contribution in [2.75, 3.05) is 20.1 Å². The number of guanidine groups is 1. The van der Waals surface area contributed by atoms with Crippen molar-refractivity contribution in [1.82, 2.24) is 16.0 Å². The number of hydrogen-bond donors (Lipinski definition) is 3. The summed E-state index contributed by atoms with van der Waals surface area (Å²) in [6, 6.07) is 8.43. The van der Waals surface area contributed by atoms with Crippen LogP contribution in [0.25, 0.3) is 0 Å². The smallest absolute Gasteiger partial charge is 0.220 e. The van der Waals surface area contributed by atoms with Gasteiger partial charge in [0, 0.05) is 26.1 Å². The average molecular weight is 346 g/mol. The van der Waals surface area contributed by atoms with Crippen LogP contribution in [0.3, 0.4) is 0 Å². The van der Waals surface area contributed by atoms with Crippen LogP contribution in [0.5, 0.6) is 5.75 Å². The molecular weight excluding hydrogens is 316 g/mol. The summed E-state index contributed by atoms with van der Waals surface area (Å²) in [4.78, 5) is 15.8. The van der Waals surface area contributed by atoms with Gasteiger partial charge in [0.25, 0.3) is 0 Å². The number of aryl methyl sites for hydroxylation is 1. The van der Waals surface area contributed by atoms with E-state index in [9.17, 15) is 4.79 Å². The summed E-state index contributed by atoms with van der Waals surface area (Å²) in [5.41, 5.74) is 1.13. The van der Waals surface area contributed by atoms with Gasteiger partial charge in [-0.25, -0.2) is 0 Å². The van der Waals surface area contributed by atoms with E-state index in [-0.39, 0.29) is 12.0 Å². The number of aliphatic imine (C=N–C) groups is 1. The Hall–Kier alpha value is -2.24. The van der Waals surface area contributed by atoms with E-state index in [1.165, 1.54) is 0 Å². The quantitative estimate of drug-likeness (QED) is 0.363. The summed E-state index contributed by atoms with van der Waals surface area (Å²) in [6.07, 6.45) is 3.61. The summed E-state index contributed by atoms with van der Waals surface area (Å²) in [5, 5.41) is 9.47. The van der Waals surface area contributed by atoms with E-state index >= 15 is 0 Å². The molecule has 2 rings (SSSR count). The number of rotatable bonds is 9. The van der Waals surface area contributed by atoms with Crippen molar-refractivity contribution in [3.05, 3.63) is 29.8 Å². The van der Waals surface area contributed by atoms with Gasteiger partial charge in [0.15, 0.2) is 5.96 Å². The lowest BCUT2D eigenvalue weighted by Gasteiger charge is -2.18. The van der Waals surface area contributed by atoms with E-state index in [1.54, 1.807) is 7.05 Å². The molecule has 0 spiro atoms. The van der Waals surface area contributed by atoms with Gasteiger partial charge in [0.05, 0.1) is 6.54 Å². The number of carbonyl (C=O) groups is 1. The number of carbonyl (C=O) groups excluding carboxylic acids is 1. The Bertz CT molecular complexity index is 585. The largest absolute Gasteiger partial charge is 0.489 e. The molecule has 6 nitrogen and oxygen atoms in total. The standard InChI is InChI=1S/C19H30N4O2/c1-14-7-4-5-8-17(14)25-15(2)13-22-19(20-3)21-12-6-9-18(24)23-16-10-11-16/h4-5,7-8,15-16H,6,9-13H2,1-3H3,(H,23,24)(H2,20,21,22). The zero-order chi connectivity index (χ0) is 18.1. The molecule has 138 valence electrons. The van der Waals surface area contributed by atoms with Crippen molar-refractivity contribution in [2.24, 2.45) is 4.99 Å². The Kier molecular flexibility index (Phi) is 7.57. The highest BCUT2D eigenvalue weighted by atomic mass is 16.5. The Morgan fingerprint density at radius 3 is 2.76 bits per heavy atom. The van der Waals surface area contributed by atoms with Gasteiger partial charge < -0.3 is 20.7 Å². The molecule has 1 unspecified atom stereocenters. The molecule has 0 saturated heterocycles. The number of hydrogen-bond acceptors (Lipinski definition) is 3. The van der Waals surface area contributed by atoms with Crippen molar-refractivity contribution in [1.29, 1.82) is 0 Å². The summed E-state index contributed by atoms with van der Waals surface area (Å²) in [6.45, 7) is 5.42. The predicted molar refractivity (Wildman–Crippen MR) is 101 cm³/mol. The molecule has 0 radical (unpaired) electrons. The van der Waals surface area contributed by atoms with Crippen LogP contribution in [0, 0.1) is 6.92 Å². The number of nitrogens with zero attached hydrogens (tertiary/aromatic N) is 1. The maximum atomic E-state index is 11.6. The maximum absolute atomic E-state index is 11.6. The highest BCUT2D eigenvalue weighted by molar-refractivity contribution is 5.80. The second kappa shape index (κ2) is 9.91. The minimum Gasteiger partial charge on any atom is -0.489 e. The van der Waals surface area contributed by atoms with E-state index in [4.69, 9.17) is 4.74 Å². The molecule has 1 aliphatic rings. The maximum Gasteiger partial charge on any atom is 0.220 e. The van der Waals surface area contributed by atoms with Crippen molar-refractivity contribution in [3.8, 4) is 5.75 Å². The fourth-order valence-electron chi connectivity index (χ4n) is 2.39. The van der Waals surface area contributed by atoms with Crippen molar-refractivity contribution >= 4 is 11.9 Å². The average Bonchev–Trinajstić information content (AvgIpc) is 3.40. The van der Waals surface area contributed by atoms with Crippen LogP contribution >= 0.6 is 0 Å². The first-order valence-corrected chi connectivity index (χ1v) is 9.04. The summed E-state index contributed by atoms with van der Waals surface area (Å²) < 4.78 is 5.94. The van der Waals surface area contributed by atoms with Gasteiger partial charge in [-0.1, -0.05) is 18.2 Å². The van der Waals surface area contributed by atoms with Gasteiger partial charge in [0.1, 0.15) is 11.9 Å². The summed E-state index contributed by atoms with van der Waals surface area (Å²) >= 11 is 0. The Morgan fingerprint density at radius 1 is 1.32 bits per heavy atom. The van der Waals surface area contributed by atoms with Crippen LogP contribution in [-0.4, -0.2) is 44.1 Å². The molecule has 1 aliphatic carbocycles. The van der Waals surface area contributed by atoms with E-state index in [2.05, 4.69) is 20.9 Å². The minimum atomic E-state index is 0.0176. The first kappa shape index (κ1) is 19.1. The molecule has 0 aliphatic heterocycles. The normalized spacial score (nSPS) is 15.4. The highest BCUT2D eigenvalue weighted by Crippen LogP contribution is 2.18. The van der Waals surface area contributed by atoms with Crippen LogP contribution in [0.4, 0.5) is 0 Å². The van der Waals surface area contributed by atoms with Gasteiger partial charge in [-0.15, -0.1) is 0 Å². The first-order valence-electron chi connectivity index (χ1n) is 9.04. The molecule has 25 heavy (non-hydrogen) atoms. The van der Waals surface area contributed by atoms with Gasteiger partial charge in [-0.3, -0.25) is 9.79 Å². The van der Waals surface area contributed by atoms with E-state index in [1.807, 2.05) is 38.1 Å². The predicted octanol–water partition coefficient (Wildman–Crippen LogP) is 1.99. The third-order valence-electron chi connectivity index (χ3n) is 4.02. The molecule has 0 bridgehead atoms. The molecule has 1 saturated carbocycles. The number of amides is 1. The van der Waals surface area contributed by atoms with Gasteiger partial charge >= 0.3 is 0 Å². The van der Waals surface area contributed by atoms with E-state index in [0.29, 0.717) is 25.6 Å². The molecule has 3 N–H and O–H groups in total. The third-order valence-corrected chi connectivity index (χ3v) is 4.02. The highest BCUT2D eigenvalue weighted by Gasteiger charge is 2.22. The summed E-state index contributed by atoms with van der Waals surface area (Å²) in [7, 11) is 1.74. The van der Waals surface area contributed by atoms with Crippen molar-refractivity contribution in [3.63, 3.8) is 0 Å². The van der Waals surface area contributed by atoms with Crippen LogP contribution in [0.1, 0.15) is 38.2 Å². The van der Waals surface area contributed by atoms with Crippen LogP contribution < -0.4 is 20.7 Å².